The number of esters is 1. The van der Waals surface area contributed by atoms with Crippen molar-refractivity contribution >= 4 is 17.5 Å². The van der Waals surface area contributed by atoms with E-state index in [9.17, 15) is 27.6 Å². The summed E-state index contributed by atoms with van der Waals surface area (Å²) in [5.41, 5.74) is 0. The smallest absolute Gasteiger partial charge is 0.450 e. The van der Waals surface area contributed by atoms with Gasteiger partial charge < -0.3 is 4.74 Å². The zero-order valence-corrected chi connectivity index (χ0v) is 8.76. The Morgan fingerprint density at radius 3 is 2.06 bits per heavy atom. The molecular weight excluding hydrogens is 229 g/mol. The Morgan fingerprint density at radius 1 is 1.25 bits per heavy atom. The maximum atomic E-state index is 11.9. The van der Waals surface area contributed by atoms with Crippen LogP contribution in [0.25, 0.3) is 0 Å². The number of ether oxygens (including phenoxy) is 1. The van der Waals surface area contributed by atoms with Gasteiger partial charge in [0.2, 0.25) is 5.78 Å². The quantitative estimate of drug-likeness (QED) is 0.536. The molecule has 16 heavy (non-hydrogen) atoms. The lowest BCUT2D eigenvalue weighted by Crippen LogP contribution is -2.32. The van der Waals surface area contributed by atoms with Crippen molar-refractivity contribution in [1.82, 2.24) is 0 Å². The van der Waals surface area contributed by atoms with Crippen LogP contribution in [0.2, 0.25) is 0 Å². The van der Waals surface area contributed by atoms with Gasteiger partial charge in [0.15, 0.2) is 0 Å². The highest BCUT2D eigenvalue weighted by atomic mass is 19.4. The molecule has 0 aliphatic heterocycles. The topological polar surface area (TPSA) is 60.4 Å². The van der Waals surface area contributed by atoms with E-state index >= 15 is 0 Å². The fraction of sp³-hybridized carbons (Fsp3) is 0.667. The normalized spacial score (nSPS) is 13.1. The lowest BCUT2D eigenvalue weighted by atomic mass is 9.98. The van der Waals surface area contributed by atoms with Gasteiger partial charge in [-0.3, -0.25) is 14.4 Å². The Morgan fingerprint density at radius 2 is 1.75 bits per heavy atom. The van der Waals surface area contributed by atoms with Gasteiger partial charge in [0, 0.05) is 6.42 Å². The van der Waals surface area contributed by atoms with Crippen molar-refractivity contribution in [2.45, 2.75) is 26.4 Å². The fourth-order valence-corrected chi connectivity index (χ4v) is 0.937. The van der Waals surface area contributed by atoms with Crippen molar-refractivity contribution in [3.8, 4) is 0 Å². The zero-order chi connectivity index (χ0) is 12.9. The van der Waals surface area contributed by atoms with E-state index in [4.69, 9.17) is 0 Å². The van der Waals surface area contributed by atoms with E-state index in [0.29, 0.717) is 0 Å². The van der Waals surface area contributed by atoms with Crippen LogP contribution in [0.5, 0.6) is 0 Å². The summed E-state index contributed by atoms with van der Waals surface area (Å²) in [6, 6.07) is 0. The van der Waals surface area contributed by atoms with Crippen LogP contribution in [-0.2, 0) is 19.1 Å². The van der Waals surface area contributed by atoms with Crippen LogP contribution in [0.3, 0.4) is 0 Å². The fourth-order valence-electron chi connectivity index (χ4n) is 0.937. The molecule has 0 rings (SSSR count). The molecule has 0 heterocycles. The lowest BCUT2D eigenvalue weighted by Gasteiger charge is -2.12. The summed E-state index contributed by atoms with van der Waals surface area (Å²) >= 11 is 0. The SMILES string of the molecule is CCOC(=O)[C@@H](CC(=O)C(F)(F)F)C(C)=O. The highest BCUT2D eigenvalue weighted by molar-refractivity contribution is 6.02. The molecule has 0 aromatic heterocycles. The molecule has 0 aromatic rings. The molecule has 0 fully saturated rings. The number of carbonyl (C=O) groups is 3. The summed E-state index contributed by atoms with van der Waals surface area (Å²) in [6.07, 6.45) is -6.24. The monoisotopic (exact) mass is 240 g/mol. The maximum Gasteiger partial charge on any atom is 0.450 e. The van der Waals surface area contributed by atoms with E-state index in [0.717, 1.165) is 6.92 Å². The standard InChI is InChI=1S/C9H11F3O4/c1-3-16-8(15)6(5(2)13)4-7(14)9(10,11)12/h6H,3-4H2,1-2H3/t6-/m0/s1. The third-order valence-electron chi connectivity index (χ3n) is 1.77. The minimum absolute atomic E-state index is 0.0666. The number of ketones is 2. The van der Waals surface area contributed by atoms with Gasteiger partial charge in [0.1, 0.15) is 11.7 Å². The second-order valence-electron chi connectivity index (χ2n) is 3.04. The summed E-state index contributed by atoms with van der Waals surface area (Å²) in [6.45, 7) is 2.31. The molecular formula is C9H11F3O4. The van der Waals surface area contributed by atoms with Crippen molar-refractivity contribution in [2.75, 3.05) is 6.61 Å². The van der Waals surface area contributed by atoms with Gasteiger partial charge in [-0.15, -0.1) is 0 Å². The van der Waals surface area contributed by atoms with Crippen molar-refractivity contribution in [3.63, 3.8) is 0 Å². The molecule has 0 radical (unpaired) electrons. The van der Waals surface area contributed by atoms with Crippen LogP contribution in [0.4, 0.5) is 13.2 Å². The molecule has 0 amide bonds. The lowest BCUT2D eigenvalue weighted by molar-refractivity contribution is -0.174. The van der Waals surface area contributed by atoms with Gasteiger partial charge in [0.05, 0.1) is 6.61 Å². The Balaban J connectivity index is 4.65. The van der Waals surface area contributed by atoms with Crippen molar-refractivity contribution in [1.29, 1.82) is 0 Å². The maximum absolute atomic E-state index is 11.9. The zero-order valence-electron chi connectivity index (χ0n) is 8.76. The van der Waals surface area contributed by atoms with Gasteiger partial charge in [0.25, 0.3) is 0 Å². The molecule has 1 atom stereocenters. The molecule has 0 spiro atoms. The van der Waals surface area contributed by atoms with Gasteiger partial charge in [-0.05, 0) is 13.8 Å². The number of carbonyl (C=O) groups excluding carboxylic acids is 3. The Hall–Kier alpha value is -1.40. The Kier molecular flexibility index (Phi) is 5.13. The van der Waals surface area contributed by atoms with E-state index in [1.165, 1.54) is 6.92 Å². The van der Waals surface area contributed by atoms with E-state index < -0.39 is 36.1 Å². The van der Waals surface area contributed by atoms with E-state index in [2.05, 4.69) is 4.74 Å². The van der Waals surface area contributed by atoms with Gasteiger partial charge in [-0.2, -0.15) is 13.2 Å². The first-order valence-corrected chi connectivity index (χ1v) is 4.47. The first kappa shape index (κ1) is 14.6. The number of hydrogen-bond donors (Lipinski definition) is 0. The molecule has 92 valence electrons. The molecule has 0 aliphatic rings. The van der Waals surface area contributed by atoms with Crippen LogP contribution in [0.15, 0.2) is 0 Å². The van der Waals surface area contributed by atoms with Crippen molar-refractivity contribution in [3.05, 3.63) is 0 Å². The van der Waals surface area contributed by atoms with Crippen molar-refractivity contribution in [2.24, 2.45) is 5.92 Å². The van der Waals surface area contributed by atoms with Crippen LogP contribution < -0.4 is 0 Å². The van der Waals surface area contributed by atoms with Crippen LogP contribution in [0, 0.1) is 5.92 Å². The molecule has 0 bridgehead atoms. The van der Waals surface area contributed by atoms with Crippen LogP contribution >= 0.6 is 0 Å². The number of alkyl halides is 3. The third-order valence-corrected chi connectivity index (χ3v) is 1.77. The number of Topliss-reactive ketones (excluding diaryl/α,β-unsaturated/α-hetero) is 2. The third kappa shape index (κ3) is 4.41. The van der Waals surface area contributed by atoms with Gasteiger partial charge in [-0.1, -0.05) is 0 Å². The second kappa shape index (κ2) is 5.62. The Labute approximate surface area is 89.8 Å². The van der Waals surface area contributed by atoms with E-state index in [1.54, 1.807) is 0 Å². The molecule has 0 N–H and O–H groups in total. The van der Waals surface area contributed by atoms with Crippen LogP contribution in [-0.4, -0.2) is 30.3 Å². The Bertz CT molecular complexity index is 296. The molecule has 0 saturated heterocycles. The van der Waals surface area contributed by atoms with Crippen molar-refractivity contribution < 1.29 is 32.3 Å². The molecule has 0 unspecified atom stereocenters. The highest BCUT2D eigenvalue weighted by Crippen LogP contribution is 2.21. The first-order valence-electron chi connectivity index (χ1n) is 4.47. The molecule has 0 aromatic carbocycles. The summed E-state index contributed by atoms with van der Waals surface area (Å²) in [5.74, 6) is -5.71. The van der Waals surface area contributed by atoms with Gasteiger partial charge in [-0.25, -0.2) is 0 Å². The largest absolute Gasteiger partial charge is 0.465 e. The molecule has 0 aliphatic carbocycles. The first-order chi connectivity index (χ1) is 7.20. The predicted molar refractivity (Wildman–Crippen MR) is 46.5 cm³/mol. The average molecular weight is 240 g/mol. The van der Waals surface area contributed by atoms with Crippen LogP contribution in [0.1, 0.15) is 20.3 Å². The predicted octanol–water partition coefficient (Wildman–Crippen LogP) is 1.28. The molecule has 0 saturated carbocycles. The molecule has 7 heteroatoms. The summed E-state index contributed by atoms with van der Waals surface area (Å²) in [4.78, 5) is 32.6. The minimum Gasteiger partial charge on any atom is -0.465 e. The summed E-state index contributed by atoms with van der Waals surface area (Å²) in [5, 5.41) is 0. The van der Waals surface area contributed by atoms with Gasteiger partial charge >= 0.3 is 12.1 Å². The summed E-state index contributed by atoms with van der Waals surface area (Å²) < 4.78 is 40.1. The van der Waals surface area contributed by atoms with E-state index in [1.807, 2.05) is 0 Å². The minimum atomic E-state index is -5.04. The molecule has 4 nitrogen and oxygen atoms in total. The number of hydrogen-bond acceptors (Lipinski definition) is 4. The second-order valence-corrected chi connectivity index (χ2v) is 3.04. The van der Waals surface area contributed by atoms with E-state index in [-0.39, 0.29) is 6.61 Å². The average Bonchev–Trinajstić information content (AvgIpc) is 2.11. The number of rotatable bonds is 5. The number of halogens is 3. The summed E-state index contributed by atoms with van der Waals surface area (Å²) in [7, 11) is 0. The highest BCUT2D eigenvalue weighted by Gasteiger charge is 2.42.